The van der Waals surface area contributed by atoms with Gasteiger partial charge in [0, 0.05) is 12.4 Å². The first-order chi connectivity index (χ1) is 4.33. The molecule has 42 valence electrons. The maximum Gasteiger partial charge on any atom is 0.0868 e. The van der Waals surface area contributed by atoms with Gasteiger partial charge in [-0.1, -0.05) is 0 Å². The summed E-state index contributed by atoms with van der Waals surface area (Å²) >= 11 is 0. The summed E-state index contributed by atoms with van der Waals surface area (Å²) in [6.07, 6.45) is 2.83. The van der Waals surface area contributed by atoms with Gasteiger partial charge in [-0.15, -0.1) is 0 Å². The topological polar surface area (TPSA) is 46.0 Å². The van der Waals surface area contributed by atoms with E-state index in [0.717, 1.165) is 0 Å². The van der Waals surface area contributed by atoms with Crippen LogP contribution in [0.15, 0.2) is 18.6 Å². The van der Waals surface area contributed by atoms with Crippen molar-refractivity contribution in [3.05, 3.63) is 24.3 Å². The van der Waals surface area contributed by atoms with Crippen LogP contribution in [0.2, 0.25) is 0 Å². The van der Waals surface area contributed by atoms with Crippen LogP contribution in [0.4, 0.5) is 0 Å². The fraction of sp³-hybridized carbons (Fsp3) is 0.200. The Morgan fingerprint density at radius 3 is 3.25 bits per heavy atom. The highest BCUT2D eigenvalue weighted by atomic mass is 16.3. The lowest BCUT2D eigenvalue weighted by atomic mass is 10.5. The molecule has 1 aromatic heterocycles. The zero-order valence-corrected chi connectivity index (χ0v) is 4.20. The molecule has 0 aliphatic heterocycles. The molecule has 3 heteroatoms. The summed E-state index contributed by atoms with van der Waals surface area (Å²) in [5, 5.41) is 8.48. The number of hydrogen-bond donors (Lipinski definition) is 1. The van der Waals surface area contributed by atoms with E-state index >= 15 is 0 Å². The molecule has 0 bridgehead atoms. The van der Waals surface area contributed by atoms with Crippen molar-refractivity contribution >= 4 is 0 Å². The Bertz CT molecular complexity index is 204. The second kappa shape index (κ2) is 2.37. The monoisotopic (exact) mass is 111 g/mol. The predicted molar refractivity (Wildman–Crippen MR) is 28.0 cm³/mol. The van der Waals surface area contributed by atoms with Crippen LogP contribution in [0.25, 0.3) is 0 Å². The first-order valence-corrected chi connectivity index (χ1v) is 2.21. The number of aromatic nitrogens is 2. The number of rotatable bonds is 1. The molecule has 0 aliphatic rings. The summed E-state index contributed by atoms with van der Waals surface area (Å²) in [6.45, 7) is -0.153. The highest BCUT2D eigenvalue weighted by molar-refractivity contribution is 4.91. The number of aliphatic hydroxyl groups excluding tert-OH is 1. The second-order valence-corrected chi connectivity index (χ2v) is 1.30. The van der Waals surface area contributed by atoms with Gasteiger partial charge in [-0.25, -0.2) is 0 Å². The SMILES string of the molecule is [2H]c1cncc(CO)n1. The molecule has 1 rings (SSSR count). The molecule has 0 radical (unpaired) electrons. The lowest BCUT2D eigenvalue weighted by Crippen LogP contribution is -1.86. The molecule has 0 saturated carbocycles. The Hall–Kier alpha value is -0.960. The summed E-state index contributed by atoms with van der Waals surface area (Å²) in [6, 6.07) is 0. The van der Waals surface area contributed by atoms with Crippen molar-refractivity contribution in [2.45, 2.75) is 6.61 Å². The molecule has 0 aliphatic carbocycles. The number of nitrogens with zero attached hydrogens (tertiary/aromatic N) is 2. The third kappa shape index (κ3) is 1.01. The van der Waals surface area contributed by atoms with Gasteiger partial charge in [0.1, 0.15) is 0 Å². The molecular weight excluding hydrogens is 104 g/mol. The van der Waals surface area contributed by atoms with E-state index in [9.17, 15) is 0 Å². The fourth-order valence-corrected chi connectivity index (χ4v) is 0.373. The number of aliphatic hydroxyl groups is 1. The molecule has 3 nitrogen and oxygen atoms in total. The van der Waals surface area contributed by atoms with Crippen LogP contribution in [0.5, 0.6) is 0 Å². The highest BCUT2D eigenvalue weighted by Gasteiger charge is 1.84. The summed E-state index contributed by atoms with van der Waals surface area (Å²) in [7, 11) is 0. The smallest absolute Gasteiger partial charge is 0.0868 e. The Labute approximate surface area is 48.4 Å². The van der Waals surface area contributed by atoms with Crippen LogP contribution in [0.3, 0.4) is 0 Å². The maximum atomic E-state index is 8.48. The van der Waals surface area contributed by atoms with E-state index in [2.05, 4.69) is 9.97 Å². The normalized spacial score (nSPS) is 10.9. The molecule has 0 spiro atoms. The minimum atomic E-state index is -0.153. The first-order valence-electron chi connectivity index (χ1n) is 2.71. The van der Waals surface area contributed by atoms with E-state index in [4.69, 9.17) is 6.48 Å². The average Bonchev–Trinajstić information content (AvgIpc) is 1.88. The molecule has 0 saturated heterocycles. The average molecular weight is 111 g/mol. The van der Waals surface area contributed by atoms with Crippen LogP contribution >= 0.6 is 0 Å². The Morgan fingerprint density at radius 1 is 1.88 bits per heavy atom. The molecule has 1 N–H and O–H groups in total. The van der Waals surface area contributed by atoms with Crippen molar-refractivity contribution in [1.82, 2.24) is 9.97 Å². The molecular formula is C5H6N2O. The van der Waals surface area contributed by atoms with Gasteiger partial charge in [0.25, 0.3) is 0 Å². The maximum absolute atomic E-state index is 8.48. The predicted octanol–water partition coefficient (Wildman–Crippen LogP) is -0.0311. The van der Waals surface area contributed by atoms with Crippen LogP contribution in [0.1, 0.15) is 7.06 Å². The van der Waals surface area contributed by atoms with Gasteiger partial charge in [-0.05, 0) is 0 Å². The zero-order valence-electron chi connectivity index (χ0n) is 5.20. The van der Waals surface area contributed by atoms with E-state index in [1.54, 1.807) is 0 Å². The molecule has 0 unspecified atom stereocenters. The van der Waals surface area contributed by atoms with Gasteiger partial charge in [-0.3, -0.25) is 9.97 Å². The van der Waals surface area contributed by atoms with Gasteiger partial charge < -0.3 is 5.11 Å². The van der Waals surface area contributed by atoms with Crippen LogP contribution < -0.4 is 0 Å². The summed E-state index contributed by atoms with van der Waals surface area (Å²) in [5.74, 6) is 0. The van der Waals surface area contributed by atoms with Gasteiger partial charge >= 0.3 is 0 Å². The fourth-order valence-electron chi connectivity index (χ4n) is 0.373. The summed E-state index contributed by atoms with van der Waals surface area (Å²) in [4.78, 5) is 7.29. The summed E-state index contributed by atoms with van der Waals surface area (Å²) in [5.41, 5.74) is 0.433. The van der Waals surface area contributed by atoms with Crippen LogP contribution in [0, 0.1) is 0 Å². The largest absolute Gasteiger partial charge is 0.390 e. The van der Waals surface area contributed by atoms with E-state index in [1.807, 2.05) is 0 Å². The molecule has 8 heavy (non-hydrogen) atoms. The van der Waals surface area contributed by atoms with Crippen LogP contribution in [-0.4, -0.2) is 15.1 Å². The van der Waals surface area contributed by atoms with Crippen molar-refractivity contribution < 1.29 is 6.48 Å². The van der Waals surface area contributed by atoms with Crippen molar-refractivity contribution in [3.63, 3.8) is 0 Å². The Morgan fingerprint density at radius 2 is 2.75 bits per heavy atom. The first kappa shape index (κ1) is 3.97. The molecule has 1 heterocycles. The third-order valence-corrected chi connectivity index (χ3v) is 0.726. The minimum absolute atomic E-state index is 0.0848. The second-order valence-electron chi connectivity index (χ2n) is 1.30. The highest BCUT2D eigenvalue weighted by Crippen LogP contribution is 1.85. The quantitative estimate of drug-likeness (QED) is 0.553. The van der Waals surface area contributed by atoms with Crippen LogP contribution in [-0.2, 0) is 6.61 Å². The third-order valence-electron chi connectivity index (χ3n) is 0.726. The molecule has 0 aromatic carbocycles. The molecule has 0 atom stereocenters. The van der Waals surface area contributed by atoms with Gasteiger partial charge in [0.2, 0.25) is 0 Å². The van der Waals surface area contributed by atoms with E-state index in [1.165, 1.54) is 12.4 Å². The molecule has 0 amide bonds. The van der Waals surface area contributed by atoms with E-state index < -0.39 is 0 Å². The Balaban J connectivity index is 2.94. The lowest BCUT2D eigenvalue weighted by molar-refractivity contribution is 0.276. The standard InChI is InChI=1S/C5H6N2O/c8-4-5-3-6-1-2-7-5/h1-3,8H,4H2/i2D. The molecule has 0 fully saturated rings. The van der Waals surface area contributed by atoms with Crippen molar-refractivity contribution in [1.29, 1.82) is 0 Å². The van der Waals surface area contributed by atoms with E-state index in [0.29, 0.717) is 5.69 Å². The van der Waals surface area contributed by atoms with Crippen molar-refractivity contribution in [2.24, 2.45) is 0 Å². The van der Waals surface area contributed by atoms with E-state index in [-0.39, 0.29) is 12.8 Å². The molecule has 1 aromatic rings. The van der Waals surface area contributed by atoms with Gasteiger partial charge in [0.05, 0.1) is 19.9 Å². The van der Waals surface area contributed by atoms with Crippen molar-refractivity contribution in [3.8, 4) is 0 Å². The summed E-state index contributed by atoms with van der Waals surface area (Å²) < 4.78 is 6.95. The minimum Gasteiger partial charge on any atom is -0.390 e. The van der Waals surface area contributed by atoms with Gasteiger partial charge in [0.15, 0.2) is 0 Å². The number of hydrogen-bond acceptors (Lipinski definition) is 3. The Kier molecular flexibility index (Phi) is 1.18. The zero-order chi connectivity index (χ0) is 6.69. The van der Waals surface area contributed by atoms with Crippen molar-refractivity contribution in [2.75, 3.05) is 0 Å². The van der Waals surface area contributed by atoms with Gasteiger partial charge in [-0.2, -0.15) is 0 Å². The lowest BCUT2D eigenvalue weighted by Gasteiger charge is -1.87.